The molecular formula is C56H35N3. The molecule has 0 fully saturated rings. The molecule has 0 unspecified atom stereocenters. The number of fused-ring (bicyclic) bond motifs is 11. The van der Waals surface area contributed by atoms with Gasteiger partial charge < -0.3 is 0 Å². The Morgan fingerprint density at radius 3 is 1.58 bits per heavy atom. The lowest BCUT2D eigenvalue weighted by Gasteiger charge is -2.30. The molecule has 0 atom stereocenters. The highest BCUT2D eigenvalue weighted by Gasteiger charge is 2.51. The van der Waals surface area contributed by atoms with E-state index in [4.69, 9.17) is 9.97 Å². The third kappa shape index (κ3) is 5.11. The number of hydrogen-bond acceptors (Lipinski definition) is 3. The summed E-state index contributed by atoms with van der Waals surface area (Å²) in [6.07, 6.45) is 3.71. The van der Waals surface area contributed by atoms with Crippen molar-refractivity contribution in [1.29, 1.82) is 0 Å². The summed E-state index contributed by atoms with van der Waals surface area (Å²) in [4.78, 5) is 15.2. The Balaban J connectivity index is 1.05. The van der Waals surface area contributed by atoms with Crippen LogP contribution in [-0.4, -0.2) is 15.0 Å². The van der Waals surface area contributed by atoms with Gasteiger partial charge in [0, 0.05) is 29.1 Å². The van der Waals surface area contributed by atoms with Gasteiger partial charge in [-0.2, -0.15) is 0 Å². The van der Waals surface area contributed by atoms with Gasteiger partial charge in [0.25, 0.3) is 0 Å². The molecule has 0 saturated heterocycles. The lowest BCUT2D eigenvalue weighted by Crippen LogP contribution is -2.25. The third-order valence-corrected chi connectivity index (χ3v) is 12.4. The van der Waals surface area contributed by atoms with Crippen molar-refractivity contribution in [1.82, 2.24) is 15.0 Å². The van der Waals surface area contributed by atoms with Gasteiger partial charge in [-0.25, -0.2) is 9.97 Å². The van der Waals surface area contributed by atoms with Gasteiger partial charge in [-0.15, -0.1) is 0 Å². The number of pyridine rings is 1. The molecule has 0 amide bonds. The van der Waals surface area contributed by atoms with Crippen LogP contribution in [0.5, 0.6) is 0 Å². The lowest BCUT2D eigenvalue weighted by atomic mass is 9.70. The second-order valence-electron chi connectivity index (χ2n) is 15.5. The largest absolute Gasteiger partial charge is 0.264 e. The second-order valence-corrected chi connectivity index (χ2v) is 15.5. The molecule has 3 nitrogen and oxygen atoms in total. The molecule has 2 heterocycles. The molecule has 0 bridgehead atoms. The Labute approximate surface area is 343 Å². The first-order valence-corrected chi connectivity index (χ1v) is 20.2. The molecular weight excluding hydrogens is 715 g/mol. The fourth-order valence-corrected chi connectivity index (χ4v) is 9.79. The molecule has 1 spiro atoms. The van der Waals surface area contributed by atoms with Gasteiger partial charge in [0.1, 0.15) is 0 Å². The Morgan fingerprint density at radius 2 is 0.864 bits per heavy atom. The number of aromatic nitrogens is 3. The molecule has 2 aliphatic carbocycles. The summed E-state index contributed by atoms with van der Waals surface area (Å²) in [5, 5.41) is 2.34. The Kier molecular flexibility index (Phi) is 7.45. The minimum Gasteiger partial charge on any atom is -0.264 e. The van der Waals surface area contributed by atoms with Gasteiger partial charge in [0.05, 0.1) is 16.8 Å². The molecule has 10 aromatic rings. The van der Waals surface area contributed by atoms with Crippen LogP contribution in [0.3, 0.4) is 0 Å². The van der Waals surface area contributed by atoms with E-state index >= 15 is 0 Å². The van der Waals surface area contributed by atoms with Crippen LogP contribution in [0.25, 0.3) is 89.2 Å². The minimum absolute atomic E-state index is 0.452. The Hall–Kier alpha value is -7.75. The molecule has 8 aromatic carbocycles. The summed E-state index contributed by atoms with van der Waals surface area (Å²) < 4.78 is 0. The Morgan fingerprint density at radius 1 is 0.322 bits per heavy atom. The van der Waals surface area contributed by atoms with Crippen LogP contribution >= 0.6 is 0 Å². The summed E-state index contributed by atoms with van der Waals surface area (Å²) in [5.74, 6) is 0.699. The highest BCUT2D eigenvalue weighted by atomic mass is 14.9. The summed E-state index contributed by atoms with van der Waals surface area (Å²) >= 11 is 0. The molecule has 59 heavy (non-hydrogen) atoms. The maximum absolute atomic E-state index is 5.43. The van der Waals surface area contributed by atoms with Gasteiger partial charge >= 0.3 is 0 Å². The summed E-state index contributed by atoms with van der Waals surface area (Å²) in [5.41, 5.74) is 19.3. The topological polar surface area (TPSA) is 38.7 Å². The summed E-state index contributed by atoms with van der Waals surface area (Å²) in [7, 11) is 0. The van der Waals surface area contributed by atoms with Crippen molar-refractivity contribution >= 4 is 10.8 Å². The van der Waals surface area contributed by atoms with E-state index in [1.54, 1.807) is 6.20 Å². The van der Waals surface area contributed by atoms with E-state index in [-0.39, 0.29) is 0 Å². The van der Waals surface area contributed by atoms with E-state index in [2.05, 4.69) is 199 Å². The zero-order valence-electron chi connectivity index (χ0n) is 32.0. The van der Waals surface area contributed by atoms with Crippen molar-refractivity contribution in [3.05, 3.63) is 235 Å². The van der Waals surface area contributed by atoms with Crippen molar-refractivity contribution in [2.24, 2.45) is 0 Å². The molecule has 2 aliphatic rings. The van der Waals surface area contributed by atoms with Crippen molar-refractivity contribution in [3.8, 4) is 78.4 Å². The van der Waals surface area contributed by atoms with Gasteiger partial charge in [-0.05, 0) is 102 Å². The number of rotatable bonds is 5. The molecule has 0 N–H and O–H groups in total. The van der Waals surface area contributed by atoms with E-state index < -0.39 is 5.41 Å². The van der Waals surface area contributed by atoms with Crippen molar-refractivity contribution in [2.75, 3.05) is 0 Å². The maximum atomic E-state index is 5.43. The first kappa shape index (κ1) is 33.4. The fraction of sp³-hybridized carbons (Fsp3) is 0.0179. The maximum Gasteiger partial charge on any atom is 0.160 e. The lowest BCUT2D eigenvalue weighted by molar-refractivity contribution is 0.794. The fourth-order valence-electron chi connectivity index (χ4n) is 9.79. The Bertz CT molecular complexity index is 3210. The van der Waals surface area contributed by atoms with Crippen LogP contribution < -0.4 is 0 Å². The zero-order chi connectivity index (χ0) is 38.9. The summed E-state index contributed by atoms with van der Waals surface area (Å²) in [6, 6.07) is 72.4. The van der Waals surface area contributed by atoms with Crippen LogP contribution in [0.2, 0.25) is 0 Å². The van der Waals surface area contributed by atoms with Gasteiger partial charge in [0.2, 0.25) is 0 Å². The van der Waals surface area contributed by atoms with Crippen LogP contribution in [0.4, 0.5) is 0 Å². The standard InChI is InChI=1S/C56H35N3/c1-2-17-43-38(12-1)13-10-21-48(43)54-34-53(40-15-9-14-39(32-40)36-25-27-37(28-26-36)42-16-11-31-57-35-42)58-55(59-54)41-29-30-47-46-20-5-8-24-51(46)56(52(47)33-41)49-22-6-3-18-44(49)45-19-4-7-23-50(45)56/h1-35H. The highest BCUT2D eigenvalue weighted by Crippen LogP contribution is 2.63. The molecule has 12 rings (SSSR count). The predicted molar refractivity (Wildman–Crippen MR) is 241 cm³/mol. The predicted octanol–water partition coefficient (Wildman–Crippen LogP) is 13.7. The monoisotopic (exact) mass is 749 g/mol. The smallest absolute Gasteiger partial charge is 0.160 e. The quantitative estimate of drug-likeness (QED) is 0.176. The molecule has 0 radical (unpaired) electrons. The number of hydrogen-bond donors (Lipinski definition) is 0. The SMILES string of the molecule is c1cncc(-c2ccc(-c3cccc(-c4cc(-c5cccc6ccccc56)nc(-c5ccc6c(c5)C5(c7ccccc7-c7ccccc75)c5ccccc5-6)n4)c3)cc2)c1. The number of benzene rings is 8. The van der Waals surface area contributed by atoms with E-state index in [1.807, 2.05) is 12.3 Å². The molecule has 2 aromatic heterocycles. The van der Waals surface area contributed by atoms with Gasteiger partial charge in [0.15, 0.2) is 5.82 Å². The average molecular weight is 750 g/mol. The van der Waals surface area contributed by atoms with Crippen LogP contribution in [-0.2, 0) is 5.41 Å². The van der Waals surface area contributed by atoms with E-state index in [0.29, 0.717) is 5.82 Å². The van der Waals surface area contributed by atoms with Gasteiger partial charge in [-0.1, -0.05) is 176 Å². The van der Waals surface area contributed by atoms with Crippen LogP contribution in [0.1, 0.15) is 22.3 Å². The second kappa shape index (κ2) is 13.2. The van der Waals surface area contributed by atoms with Crippen molar-refractivity contribution in [2.45, 2.75) is 5.41 Å². The minimum atomic E-state index is -0.452. The molecule has 0 aliphatic heterocycles. The third-order valence-electron chi connectivity index (χ3n) is 12.4. The normalized spacial score (nSPS) is 12.9. The van der Waals surface area contributed by atoms with Crippen molar-refractivity contribution in [3.63, 3.8) is 0 Å². The molecule has 274 valence electrons. The van der Waals surface area contributed by atoms with E-state index in [0.717, 1.165) is 55.7 Å². The van der Waals surface area contributed by atoms with Gasteiger partial charge in [-0.3, -0.25) is 4.98 Å². The highest BCUT2D eigenvalue weighted by molar-refractivity contribution is 5.98. The van der Waals surface area contributed by atoms with Crippen LogP contribution in [0, 0.1) is 0 Å². The van der Waals surface area contributed by atoms with Crippen molar-refractivity contribution < 1.29 is 0 Å². The average Bonchev–Trinajstić information content (AvgIpc) is 3.79. The van der Waals surface area contributed by atoms with Crippen LogP contribution in [0.15, 0.2) is 213 Å². The zero-order valence-corrected chi connectivity index (χ0v) is 32.0. The first-order valence-electron chi connectivity index (χ1n) is 20.2. The van der Waals surface area contributed by atoms with E-state index in [9.17, 15) is 0 Å². The molecule has 3 heteroatoms. The number of nitrogens with zero attached hydrogens (tertiary/aromatic N) is 3. The molecule has 0 saturated carbocycles. The first-order chi connectivity index (χ1) is 29.2. The summed E-state index contributed by atoms with van der Waals surface area (Å²) in [6.45, 7) is 0. The van der Waals surface area contributed by atoms with E-state index in [1.165, 1.54) is 49.9 Å².